The molecule has 0 saturated carbocycles. The lowest BCUT2D eigenvalue weighted by atomic mass is 10.0. The molecule has 2 N–H and O–H groups in total. The quantitative estimate of drug-likeness (QED) is 0.452. The summed E-state index contributed by atoms with van der Waals surface area (Å²) in [6.07, 6.45) is -4.35. The molecule has 0 unspecified atom stereocenters. The third-order valence-electron chi connectivity index (χ3n) is 4.78. The Balaban J connectivity index is 1.76. The third-order valence-corrected chi connectivity index (χ3v) is 7.54. The lowest BCUT2D eigenvalue weighted by Gasteiger charge is -2.17. The fraction of sp³-hybridized carbons (Fsp3) is 0.348. The van der Waals surface area contributed by atoms with Gasteiger partial charge >= 0.3 is 6.18 Å². The van der Waals surface area contributed by atoms with Crippen LogP contribution in [-0.4, -0.2) is 30.4 Å². The van der Waals surface area contributed by atoms with Crippen LogP contribution in [0.1, 0.15) is 37.5 Å². The first kappa shape index (κ1) is 25.3. The van der Waals surface area contributed by atoms with Crippen molar-refractivity contribution in [2.45, 2.75) is 43.0 Å². The summed E-state index contributed by atoms with van der Waals surface area (Å²) in [5.74, 6) is 0.647. The van der Waals surface area contributed by atoms with Gasteiger partial charge in [0.15, 0.2) is 0 Å². The van der Waals surface area contributed by atoms with Crippen molar-refractivity contribution in [2.75, 3.05) is 12.3 Å². The van der Waals surface area contributed by atoms with E-state index in [2.05, 4.69) is 30.5 Å². The minimum atomic E-state index is -4.65. The van der Waals surface area contributed by atoms with Gasteiger partial charge in [-0.05, 0) is 41.8 Å². The van der Waals surface area contributed by atoms with Gasteiger partial charge in [-0.1, -0.05) is 39.0 Å². The summed E-state index contributed by atoms with van der Waals surface area (Å²) in [5, 5.41) is -0.0869. The van der Waals surface area contributed by atoms with Crippen molar-refractivity contribution >= 4 is 32.7 Å². The van der Waals surface area contributed by atoms with Crippen molar-refractivity contribution in [3.8, 4) is 0 Å². The van der Waals surface area contributed by atoms with E-state index in [1.807, 2.05) is 0 Å². The van der Waals surface area contributed by atoms with Crippen molar-refractivity contribution in [3.05, 3.63) is 75.6 Å². The fourth-order valence-corrected chi connectivity index (χ4v) is 5.26. The van der Waals surface area contributed by atoms with Crippen LogP contribution < -0.4 is 10.3 Å². The first-order chi connectivity index (χ1) is 15.2. The van der Waals surface area contributed by atoms with Crippen LogP contribution in [-0.2, 0) is 22.6 Å². The van der Waals surface area contributed by atoms with Crippen LogP contribution in [0, 0.1) is 0 Å². The van der Waals surface area contributed by atoms with Gasteiger partial charge in [0.05, 0.1) is 10.5 Å². The summed E-state index contributed by atoms with van der Waals surface area (Å²) in [6.45, 7) is 6.49. The van der Waals surface area contributed by atoms with Gasteiger partial charge in [0, 0.05) is 34.0 Å². The maximum Gasteiger partial charge on any atom is 0.417 e. The number of aromatic amines is 1. The largest absolute Gasteiger partial charge is 0.417 e. The summed E-state index contributed by atoms with van der Waals surface area (Å²) in [6, 6.07) is 11.3. The number of thioether (sulfide) groups is 1. The van der Waals surface area contributed by atoms with Gasteiger partial charge < -0.3 is 4.98 Å². The van der Waals surface area contributed by atoms with E-state index in [4.69, 9.17) is 0 Å². The molecule has 0 spiro atoms. The van der Waals surface area contributed by atoms with Gasteiger partial charge in [-0.3, -0.25) is 4.79 Å². The van der Waals surface area contributed by atoms with Gasteiger partial charge in [-0.15, -0.1) is 0 Å². The third kappa shape index (κ3) is 6.84. The smallest absolute Gasteiger partial charge is 0.322 e. The second-order valence-corrected chi connectivity index (χ2v) is 12.3. The van der Waals surface area contributed by atoms with Gasteiger partial charge in [0.2, 0.25) is 15.6 Å². The molecule has 33 heavy (non-hydrogen) atoms. The molecule has 3 aromatic rings. The van der Waals surface area contributed by atoms with Crippen molar-refractivity contribution < 1.29 is 21.6 Å². The Morgan fingerprint density at radius 2 is 1.61 bits per heavy atom. The lowest BCUT2D eigenvalue weighted by Crippen LogP contribution is -2.27. The number of halogens is 3. The molecule has 0 aliphatic heterocycles. The molecular weight excluding hydrogens is 473 g/mol. The van der Waals surface area contributed by atoms with Gasteiger partial charge in [0.1, 0.15) is 0 Å². The number of H-pyrrole nitrogens is 1. The number of alkyl halides is 3. The predicted octanol–water partition coefficient (Wildman–Crippen LogP) is 4.95. The van der Waals surface area contributed by atoms with E-state index in [1.54, 1.807) is 30.0 Å². The molecule has 0 saturated heterocycles. The highest BCUT2D eigenvalue weighted by Crippen LogP contribution is 2.33. The Morgan fingerprint density at radius 3 is 2.21 bits per heavy atom. The van der Waals surface area contributed by atoms with Crippen LogP contribution >= 0.6 is 11.8 Å². The number of rotatable bonds is 7. The molecular formula is C23H25F3N2O3S2. The zero-order valence-electron chi connectivity index (χ0n) is 18.4. The number of pyridine rings is 1. The molecule has 0 atom stereocenters. The van der Waals surface area contributed by atoms with Crippen molar-refractivity contribution in [1.29, 1.82) is 0 Å². The molecule has 1 aromatic heterocycles. The minimum absolute atomic E-state index is 0.0476. The van der Waals surface area contributed by atoms with Crippen LogP contribution in [0.25, 0.3) is 10.9 Å². The fourth-order valence-electron chi connectivity index (χ4n) is 3.28. The summed E-state index contributed by atoms with van der Waals surface area (Å²) < 4.78 is 67.7. The number of fused-ring (bicyclic) bond motifs is 1. The van der Waals surface area contributed by atoms with Crippen molar-refractivity contribution in [2.24, 2.45) is 0 Å². The van der Waals surface area contributed by atoms with E-state index in [-0.39, 0.29) is 20.5 Å². The Bertz CT molecular complexity index is 1290. The molecule has 3 rings (SSSR count). The highest BCUT2D eigenvalue weighted by Gasteiger charge is 2.33. The molecule has 5 nitrogen and oxygen atoms in total. The van der Waals surface area contributed by atoms with E-state index < -0.39 is 27.3 Å². The van der Waals surface area contributed by atoms with Crippen LogP contribution in [0.5, 0.6) is 0 Å². The number of nitrogens with one attached hydrogen (secondary N) is 2. The minimum Gasteiger partial charge on any atom is -0.322 e. The second-order valence-electron chi connectivity index (χ2n) is 8.60. The summed E-state index contributed by atoms with van der Waals surface area (Å²) in [7, 11) is -3.64. The molecule has 2 aromatic carbocycles. The first-order valence-electron chi connectivity index (χ1n) is 10.2. The highest BCUT2D eigenvalue weighted by atomic mass is 32.2. The zero-order chi connectivity index (χ0) is 24.4. The first-order valence-corrected chi connectivity index (χ1v) is 12.7. The average Bonchev–Trinajstić information content (AvgIpc) is 2.70. The highest BCUT2D eigenvalue weighted by molar-refractivity contribution is 8.00. The van der Waals surface area contributed by atoms with Crippen molar-refractivity contribution in [3.63, 3.8) is 0 Å². The van der Waals surface area contributed by atoms with Gasteiger partial charge in [-0.25, -0.2) is 13.1 Å². The molecule has 0 radical (unpaired) electrons. The number of aromatic nitrogens is 1. The standard InChI is InChI=1S/C23H25F3N2O3S2/c1-22(2,3)32-11-10-27-33(30,31)17-7-4-15(5-8-17)12-16-6-9-20-18(13-16)19(23(24,25)26)14-21(29)28-20/h4-9,13-14,27H,10-12H2,1-3H3,(H,28,29). The lowest BCUT2D eigenvalue weighted by molar-refractivity contribution is -0.136. The maximum absolute atomic E-state index is 13.4. The number of hydrogen-bond donors (Lipinski definition) is 2. The normalized spacial score (nSPS) is 12.9. The van der Waals surface area contributed by atoms with E-state index in [1.165, 1.54) is 24.3 Å². The molecule has 0 aliphatic carbocycles. The van der Waals surface area contributed by atoms with Crippen molar-refractivity contribution in [1.82, 2.24) is 9.71 Å². The van der Waals surface area contributed by atoms with Crippen LogP contribution in [0.2, 0.25) is 0 Å². The topological polar surface area (TPSA) is 79.0 Å². The van der Waals surface area contributed by atoms with E-state index in [0.717, 1.165) is 5.56 Å². The van der Waals surface area contributed by atoms with Gasteiger partial charge in [-0.2, -0.15) is 24.9 Å². The summed E-state index contributed by atoms with van der Waals surface area (Å²) in [4.78, 5) is 14.1. The Morgan fingerprint density at radius 1 is 0.970 bits per heavy atom. The molecule has 0 amide bonds. The Hall–Kier alpha value is -2.30. The molecule has 178 valence electrons. The molecule has 0 fully saturated rings. The monoisotopic (exact) mass is 498 g/mol. The van der Waals surface area contributed by atoms with Crippen LogP contribution in [0.4, 0.5) is 13.2 Å². The van der Waals surface area contributed by atoms with Gasteiger partial charge in [0.25, 0.3) is 0 Å². The second kappa shape index (κ2) is 9.52. The Kier molecular flexibility index (Phi) is 7.30. The molecule has 1 heterocycles. The molecule has 0 aliphatic rings. The summed E-state index contributed by atoms with van der Waals surface area (Å²) >= 11 is 1.66. The number of hydrogen-bond acceptors (Lipinski definition) is 4. The zero-order valence-corrected chi connectivity index (χ0v) is 20.0. The van der Waals surface area contributed by atoms with Crippen LogP contribution in [0.15, 0.2) is 58.2 Å². The average molecular weight is 499 g/mol. The predicted molar refractivity (Wildman–Crippen MR) is 126 cm³/mol. The van der Waals surface area contributed by atoms with E-state index in [9.17, 15) is 26.4 Å². The maximum atomic E-state index is 13.4. The summed E-state index contributed by atoms with van der Waals surface area (Å²) in [5.41, 5.74) is -0.344. The number of benzene rings is 2. The van der Waals surface area contributed by atoms with E-state index >= 15 is 0 Å². The van der Waals surface area contributed by atoms with Crippen LogP contribution in [0.3, 0.4) is 0 Å². The van der Waals surface area contributed by atoms with E-state index in [0.29, 0.717) is 30.3 Å². The molecule has 0 bridgehead atoms. The molecule has 10 heteroatoms. The number of sulfonamides is 1. The SMILES string of the molecule is CC(C)(C)SCCNS(=O)(=O)c1ccc(Cc2ccc3[nH]c(=O)cc(C(F)(F)F)c3c2)cc1. The Labute approximate surface area is 194 Å².